The molecular formula is C36H50FN7O4. The minimum atomic E-state index is -0.523. The summed E-state index contributed by atoms with van der Waals surface area (Å²) in [5.41, 5.74) is 3.08. The Balaban J connectivity index is 1.04. The predicted molar refractivity (Wildman–Crippen MR) is 181 cm³/mol. The Morgan fingerprint density at radius 1 is 1.00 bits per heavy atom. The summed E-state index contributed by atoms with van der Waals surface area (Å²) in [6.07, 6.45) is 6.52. The standard InChI is InChI=1S/C36H50FN7O4/c1-24(2)34(32-22-33(40-48-32)43-20-12-26(13-21-43)23-42-18-14-29(47-37)15-19-42)36(46)44-17-5-6-31(44)35(45)39-25(3)27-7-9-28(10-8-27)30-11-16-38-41(30)4/h7-11,16,22,24-26,29,31,34H,5-6,12-15,17-21,23H2,1-4H3,(H,39,45). The number of aromatic nitrogens is 3. The molecule has 11 nitrogen and oxygen atoms in total. The Hall–Kier alpha value is -3.77. The lowest BCUT2D eigenvalue weighted by Gasteiger charge is -2.36. The van der Waals surface area contributed by atoms with E-state index in [-0.39, 0.29) is 29.9 Å². The van der Waals surface area contributed by atoms with Crippen molar-refractivity contribution < 1.29 is 23.6 Å². The van der Waals surface area contributed by atoms with Crippen molar-refractivity contribution >= 4 is 17.6 Å². The molecule has 260 valence electrons. The molecule has 3 aliphatic rings. The number of hydrogen-bond donors (Lipinski definition) is 1. The Labute approximate surface area is 282 Å². The fourth-order valence-electron chi connectivity index (χ4n) is 7.68. The monoisotopic (exact) mass is 663 g/mol. The summed E-state index contributed by atoms with van der Waals surface area (Å²) in [5.74, 6) is 1.14. The molecule has 3 aromatic rings. The lowest BCUT2D eigenvalue weighted by Crippen LogP contribution is -2.48. The lowest BCUT2D eigenvalue weighted by molar-refractivity contribution is -0.191. The highest BCUT2D eigenvalue weighted by molar-refractivity contribution is 5.91. The third-order valence-corrected chi connectivity index (χ3v) is 10.6. The molecule has 6 rings (SSSR count). The van der Waals surface area contributed by atoms with Gasteiger partial charge in [0.1, 0.15) is 18.1 Å². The summed E-state index contributed by atoms with van der Waals surface area (Å²) in [6, 6.07) is 11.3. The second-order valence-electron chi connectivity index (χ2n) is 14.2. The van der Waals surface area contributed by atoms with Crippen LogP contribution in [0.15, 0.2) is 47.1 Å². The number of hydrogen-bond acceptors (Lipinski definition) is 8. The molecule has 3 unspecified atom stereocenters. The van der Waals surface area contributed by atoms with Gasteiger partial charge in [0.2, 0.25) is 11.8 Å². The first-order chi connectivity index (χ1) is 23.2. The normalized spacial score (nSPS) is 21.2. The van der Waals surface area contributed by atoms with Crippen LogP contribution in [-0.2, 0) is 21.6 Å². The van der Waals surface area contributed by atoms with E-state index in [1.807, 2.05) is 68.9 Å². The number of nitrogens with one attached hydrogen (secondary N) is 1. The van der Waals surface area contributed by atoms with Gasteiger partial charge in [0.15, 0.2) is 11.6 Å². The van der Waals surface area contributed by atoms with Gasteiger partial charge in [-0.2, -0.15) is 10.0 Å². The summed E-state index contributed by atoms with van der Waals surface area (Å²) in [4.78, 5) is 38.1. The third kappa shape index (κ3) is 7.59. The van der Waals surface area contributed by atoms with E-state index in [1.54, 1.807) is 11.1 Å². The van der Waals surface area contributed by atoms with E-state index < -0.39 is 12.0 Å². The van der Waals surface area contributed by atoms with Crippen molar-refractivity contribution in [2.24, 2.45) is 18.9 Å². The average Bonchev–Trinajstić information content (AvgIpc) is 3.87. The lowest BCUT2D eigenvalue weighted by atomic mass is 9.91. The zero-order chi connectivity index (χ0) is 33.8. The molecule has 0 bridgehead atoms. The number of nitrogens with zero attached hydrogens (tertiary/aromatic N) is 6. The highest BCUT2D eigenvalue weighted by Gasteiger charge is 2.40. The van der Waals surface area contributed by atoms with Crippen molar-refractivity contribution in [1.29, 1.82) is 0 Å². The minimum Gasteiger partial charge on any atom is -0.358 e. The van der Waals surface area contributed by atoms with Gasteiger partial charge in [0.05, 0.1) is 11.7 Å². The number of benzene rings is 1. The Morgan fingerprint density at radius 2 is 1.73 bits per heavy atom. The van der Waals surface area contributed by atoms with E-state index in [4.69, 9.17) is 4.52 Å². The molecule has 3 saturated heterocycles. The van der Waals surface area contributed by atoms with Crippen LogP contribution in [0.4, 0.5) is 10.3 Å². The van der Waals surface area contributed by atoms with Gasteiger partial charge < -0.3 is 24.5 Å². The van der Waals surface area contributed by atoms with E-state index >= 15 is 0 Å². The molecule has 0 aliphatic carbocycles. The van der Waals surface area contributed by atoms with Crippen LogP contribution in [0.25, 0.3) is 11.3 Å². The van der Waals surface area contributed by atoms with Gasteiger partial charge in [0.25, 0.3) is 0 Å². The molecular weight excluding hydrogens is 613 g/mol. The number of halogens is 1. The second kappa shape index (κ2) is 15.2. The van der Waals surface area contributed by atoms with E-state index in [0.29, 0.717) is 24.6 Å². The summed E-state index contributed by atoms with van der Waals surface area (Å²) in [6.45, 7) is 11.1. The van der Waals surface area contributed by atoms with Crippen LogP contribution < -0.4 is 10.2 Å². The smallest absolute Gasteiger partial charge is 0.243 e. The number of rotatable bonds is 11. The van der Waals surface area contributed by atoms with E-state index in [0.717, 1.165) is 87.5 Å². The molecule has 3 fully saturated rings. The summed E-state index contributed by atoms with van der Waals surface area (Å²) in [7, 11) is 1.91. The van der Waals surface area contributed by atoms with E-state index in [1.165, 1.54) is 0 Å². The molecule has 0 saturated carbocycles. The number of piperidine rings is 2. The van der Waals surface area contributed by atoms with Gasteiger partial charge in [-0.15, -0.1) is 0 Å². The van der Waals surface area contributed by atoms with Crippen LogP contribution in [0, 0.1) is 11.8 Å². The number of carbonyl (C=O) groups is 2. The molecule has 1 aromatic carbocycles. The Bertz CT molecular complexity index is 1510. The first-order valence-electron chi connectivity index (χ1n) is 17.6. The zero-order valence-corrected chi connectivity index (χ0v) is 28.7. The first kappa shape index (κ1) is 34.1. The van der Waals surface area contributed by atoms with Gasteiger partial charge in [-0.05, 0) is 79.0 Å². The molecule has 3 aliphatic heterocycles. The highest BCUT2D eigenvalue weighted by Crippen LogP contribution is 2.34. The Kier molecular flexibility index (Phi) is 10.8. The van der Waals surface area contributed by atoms with Gasteiger partial charge in [-0.1, -0.05) is 43.3 Å². The topological polar surface area (TPSA) is 109 Å². The van der Waals surface area contributed by atoms with Crippen LogP contribution in [0.3, 0.4) is 0 Å². The van der Waals surface area contributed by atoms with Crippen molar-refractivity contribution in [2.75, 3.05) is 44.2 Å². The predicted octanol–water partition coefficient (Wildman–Crippen LogP) is 5.27. The largest absolute Gasteiger partial charge is 0.358 e. The number of carbonyl (C=O) groups excluding carboxylic acids is 2. The number of anilines is 1. The number of amides is 2. The summed E-state index contributed by atoms with van der Waals surface area (Å²) in [5, 5.41) is 11.8. The van der Waals surface area contributed by atoms with Crippen molar-refractivity contribution in [3.8, 4) is 11.3 Å². The van der Waals surface area contributed by atoms with Crippen LogP contribution >= 0.6 is 0 Å². The van der Waals surface area contributed by atoms with Crippen molar-refractivity contribution in [3.63, 3.8) is 0 Å². The van der Waals surface area contributed by atoms with Gasteiger partial charge in [-0.3, -0.25) is 14.3 Å². The maximum atomic E-state index is 14.1. The number of likely N-dealkylation sites (tertiary alicyclic amines) is 2. The molecule has 12 heteroatoms. The minimum absolute atomic E-state index is 0.0304. The fraction of sp³-hybridized carbons (Fsp3) is 0.611. The Morgan fingerprint density at radius 3 is 2.38 bits per heavy atom. The summed E-state index contributed by atoms with van der Waals surface area (Å²) < 4.78 is 20.2. The number of aryl methyl sites for hydroxylation is 1. The highest BCUT2D eigenvalue weighted by atomic mass is 19.3. The van der Waals surface area contributed by atoms with Crippen molar-refractivity contribution in [2.45, 2.75) is 83.4 Å². The third-order valence-electron chi connectivity index (χ3n) is 10.6. The maximum absolute atomic E-state index is 14.1. The maximum Gasteiger partial charge on any atom is 0.243 e. The molecule has 3 atom stereocenters. The van der Waals surface area contributed by atoms with Gasteiger partial charge in [-0.25, -0.2) is 0 Å². The SMILES string of the molecule is CC(NC(=O)C1CCCN1C(=O)C(c1cc(N2CCC(CN3CCC(OF)CC3)CC2)no1)C(C)C)c1ccc(-c2ccnn2C)cc1. The molecule has 0 spiro atoms. The molecule has 5 heterocycles. The van der Waals surface area contributed by atoms with Crippen LogP contribution in [0.5, 0.6) is 0 Å². The molecule has 1 N–H and O–H groups in total. The quantitative estimate of drug-likeness (QED) is 0.296. The second-order valence-corrected chi connectivity index (χ2v) is 14.2. The van der Waals surface area contributed by atoms with Crippen LogP contribution in [-0.4, -0.2) is 88.0 Å². The van der Waals surface area contributed by atoms with Crippen LogP contribution in [0.2, 0.25) is 0 Å². The van der Waals surface area contributed by atoms with E-state index in [9.17, 15) is 14.1 Å². The molecule has 2 aromatic heterocycles. The summed E-state index contributed by atoms with van der Waals surface area (Å²) >= 11 is 0. The van der Waals surface area contributed by atoms with E-state index in [2.05, 4.69) is 30.3 Å². The van der Waals surface area contributed by atoms with Crippen molar-refractivity contribution in [3.05, 3.63) is 53.9 Å². The van der Waals surface area contributed by atoms with Gasteiger partial charge >= 0.3 is 0 Å². The first-order valence-corrected chi connectivity index (χ1v) is 17.6. The molecule has 48 heavy (non-hydrogen) atoms. The van der Waals surface area contributed by atoms with Crippen LogP contribution in [0.1, 0.15) is 82.6 Å². The zero-order valence-electron chi connectivity index (χ0n) is 28.7. The average molecular weight is 664 g/mol. The fourth-order valence-corrected chi connectivity index (χ4v) is 7.68. The molecule has 2 amide bonds. The van der Waals surface area contributed by atoms with Crippen molar-refractivity contribution in [1.82, 2.24) is 30.1 Å². The van der Waals surface area contributed by atoms with Gasteiger partial charge in [0, 0.05) is 58.6 Å². The molecule has 0 radical (unpaired) electrons.